The summed E-state index contributed by atoms with van der Waals surface area (Å²) in [5.74, 6) is -0.825. The largest absolute Gasteiger partial charge is 0.466 e. The van der Waals surface area contributed by atoms with Gasteiger partial charge in [-0.3, -0.25) is 14.9 Å². The molecule has 0 radical (unpaired) electrons. The maximum absolute atomic E-state index is 11.0. The van der Waals surface area contributed by atoms with Gasteiger partial charge in [0.05, 0.1) is 7.11 Å². The number of methoxy groups -OCH3 is 1. The molecule has 0 aromatic rings. The minimum absolute atomic E-state index is 0.339. The molecule has 7 heteroatoms. The Labute approximate surface area is 149 Å². The third-order valence-corrected chi connectivity index (χ3v) is 3.66. The predicted molar refractivity (Wildman–Crippen MR) is 94.6 cm³/mol. The van der Waals surface area contributed by atoms with E-state index in [-0.39, 0.29) is 5.97 Å². The Balaban J connectivity index is 3.84. The van der Waals surface area contributed by atoms with Gasteiger partial charge in [0.25, 0.3) is 0 Å². The normalized spacial score (nSPS) is 13.7. The van der Waals surface area contributed by atoms with Crippen molar-refractivity contribution in [3.8, 4) is 0 Å². The fourth-order valence-corrected chi connectivity index (χ4v) is 2.19. The standard InChI is InChI=1S/C18H29NO6/c1-15(19(22)23)17(25-16(2)20)13-11-9-7-5-4-6-8-10-12-14-18(21)24-3/h4-5,12,14-15,17H,6-11,13H2,1-3H3/b5-4-,14-12+. The Kier molecular flexibility index (Phi) is 13.0. The molecule has 0 rings (SSSR count). The zero-order valence-corrected chi connectivity index (χ0v) is 15.3. The van der Waals surface area contributed by atoms with E-state index in [9.17, 15) is 19.7 Å². The summed E-state index contributed by atoms with van der Waals surface area (Å²) in [7, 11) is 1.35. The van der Waals surface area contributed by atoms with Crippen LogP contribution >= 0.6 is 0 Å². The second-order valence-electron chi connectivity index (χ2n) is 5.79. The molecule has 0 aromatic carbocycles. The molecule has 0 fully saturated rings. The highest BCUT2D eigenvalue weighted by Crippen LogP contribution is 2.13. The number of carbonyl (C=O) groups is 2. The molecule has 0 aliphatic carbocycles. The van der Waals surface area contributed by atoms with E-state index in [1.807, 2.05) is 0 Å². The molecule has 0 saturated carbocycles. The highest BCUT2D eigenvalue weighted by Gasteiger charge is 2.28. The lowest BCUT2D eigenvalue weighted by Gasteiger charge is -2.17. The molecule has 0 aliphatic rings. The lowest BCUT2D eigenvalue weighted by Crippen LogP contribution is -2.34. The molecule has 2 atom stereocenters. The Morgan fingerprint density at radius 2 is 1.68 bits per heavy atom. The summed E-state index contributed by atoms with van der Waals surface area (Å²) in [4.78, 5) is 32.3. The van der Waals surface area contributed by atoms with E-state index in [1.165, 1.54) is 27.0 Å². The molecule has 0 amide bonds. The monoisotopic (exact) mass is 355 g/mol. The van der Waals surface area contributed by atoms with Crippen molar-refractivity contribution in [3.63, 3.8) is 0 Å². The molecule has 0 N–H and O–H groups in total. The molecule has 0 saturated heterocycles. The van der Waals surface area contributed by atoms with Crippen LogP contribution in [0.4, 0.5) is 0 Å². The van der Waals surface area contributed by atoms with Gasteiger partial charge in [0.1, 0.15) is 0 Å². The van der Waals surface area contributed by atoms with Crippen LogP contribution in [0.3, 0.4) is 0 Å². The minimum atomic E-state index is -0.891. The van der Waals surface area contributed by atoms with Crippen molar-refractivity contribution >= 4 is 11.9 Å². The fourth-order valence-electron chi connectivity index (χ4n) is 2.19. The summed E-state index contributed by atoms with van der Waals surface area (Å²) in [5, 5.41) is 10.8. The summed E-state index contributed by atoms with van der Waals surface area (Å²) in [6, 6.07) is -0.891. The van der Waals surface area contributed by atoms with Crippen molar-refractivity contribution in [2.24, 2.45) is 0 Å². The van der Waals surface area contributed by atoms with Crippen LogP contribution in [0.25, 0.3) is 0 Å². The Morgan fingerprint density at radius 3 is 2.24 bits per heavy atom. The third-order valence-electron chi connectivity index (χ3n) is 3.66. The second kappa shape index (κ2) is 14.2. The number of rotatable bonds is 13. The molecule has 0 spiro atoms. The number of carbonyl (C=O) groups excluding carboxylic acids is 2. The van der Waals surface area contributed by atoms with Gasteiger partial charge < -0.3 is 9.47 Å². The first-order chi connectivity index (χ1) is 11.9. The van der Waals surface area contributed by atoms with Crippen molar-refractivity contribution < 1.29 is 24.0 Å². The van der Waals surface area contributed by atoms with Gasteiger partial charge in [-0.2, -0.15) is 0 Å². The second-order valence-corrected chi connectivity index (χ2v) is 5.79. The lowest BCUT2D eigenvalue weighted by molar-refractivity contribution is -0.529. The van der Waals surface area contributed by atoms with E-state index in [4.69, 9.17) is 4.74 Å². The topological polar surface area (TPSA) is 95.7 Å². The number of ether oxygens (including phenoxy) is 2. The average molecular weight is 355 g/mol. The van der Waals surface area contributed by atoms with Crippen molar-refractivity contribution in [2.75, 3.05) is 7.11 Å². The maximum atomic E-state index is 11.0. The molecule has 0 heterocycles. The molecule has 2 unspecified atom stereocenters. The number of allylic oxidation sites excluding steroid dienone is 3. The molecule has 0 aliphatic heterocycles. The van der Waals surface area contributed by atoms with E-state index >= 15 is 0 Å². The van der Waals surface area contributed by atoms with Gasteiger partial charge in [-0.05, 0) is 44.9 Å². The Hall–Kier alpha value is -2.18. The van der Waals surface area contributed by atoms with Crippen LogP contribution in [0.5, 0.6) is 0 Å². The zero-order valence-electron chi connectivity index (χ0n) is 15.3. The summed E-state index contributed by atoms with van der Waals surface area (Å²) in [6.45, 7) is 2.73. The number of unbranched alkanes of at least 4 members (excludes halogenated alkanes) is 4. The number of nitro groups is 1. The molecular weight excluding hydrogens is 326 g/mol. The van der Waals surface area contributed by atoms with Crippen LogP contribution in [-0.4, -0.2) is 36.1 Å². The van der Waals surface area contributed by atoms with E-state index in [0.717, 1.165) is 38.5 Å². The maximum Gasteiger partial charge on any atom is 0.330 e. The fraction of sp³-hybridized carbons (Fsp3) is 0.667. The van der Waals surface area contributed by atoms with Gasteiger partial charge in [-0.15, -0.1) is 0 Å². The number of hydrogen-bond acceptors (Lipinski definition) is 6. The minimum Gasteiger partial charge on any atom is -0.466 e. The number of hydrogen-bond donors (Lipinski definition) is 0. The summed E-state index contributed by atoms with van der Waals surface area (Å²) < 4.78 is 9.54. The highest BCUT2D eigenvalue weighted by atomic mass is 16.6. The Bertz CT molecular complexity index is 472. The van der Waals surface area contributed by atoms with Crippen LogP contribution in [0, 0.1) is 10.1 Å². The third kappa shape index (κ3) is 12.9. The van der Waals surface area contributed by atoms with Crippen molar-refractivity contribution in [1.82, 2.24) is 0 Å². The first kappa shape index (κ1) is 22.8. The van der Waals surface area contributed by atoms with Crippen molar-refractivity contribution in [3.05, 3.63) is 34.4 Å². The summed E-state index contributed by atoms with van der Waals surface area (Å²) in [6.07, 6.45) is 12.5. The van der Waals surface area contributed by atoms with Crippen molar-refractivity contribution in [1.29, 1.82) is 0 Å². The molecule has 0 aromatic heterocycles. The van der Waals surface area contributed by atoms with Gasteiger partial charge in [0.15, 0.2) is 6.10 Å². The molecule has 0 bridgehead atoms. The SMILES string of the molecule is COC(=O)/C=C/CCC/C=C\CCCCC(OC(C)=O)C(C)[N+](=O)[O-]. The number of esters is 2. The van der Waals surface area contributed by atoms with Crippen LogP contribution in [0.15, 0.2) is 24.3 Å². The lowest BCUT2D eigenvalue weighted by atomic mass is 10.0. The van der Waals surface area contributed by atoms with Crippen LogP contribution in [-0.2, 0) is 19.1 Å². The summed E-state index contributed by atoms with van der Waals surface area (Å²) >= 11 is 0. The molecular formula is C18H29NO6. The zero-order chi connectivity index (χ0) is 19.1. The van der Waals surface area contributed by atoms with Gasteiger partial charge >= 0.3 is 11.9 Å². The average Bonchev–Trinajstić information content (AvgIpc) is 2.57. The van der Waals surface area contributed by atoms with E-state index in [1.54, 1.807) is 6.08 Å². The van der Waals surface area contributed by atoms with Crippen molar-refractivity contribution in [2.45, 2.75) is 70.9 Å². The van der Waals surface area contributed by atoms with Gasteiger partial charge in [0, 0.05) is 24.8 Å². The van der Waals surface area contributed by atoms with Crippen LogP contribution in [0.2, 0.25) is 0 Å². The Morgan fingerprint density at radius 1 is 1.08 bits per heavy atom. The smallest absolute Gasteiger partial charge is 0.330 e. The van der Waals surface area contributed by atoms with Gasteiger partial charge in [0.2, 0.25) is 6.04 Å². The number of nitrogens with zero attached hydrogens (tertiary/aromatic N) is 1. The van der Waals surface area contributed by atoms with Gasteiger partial charge in [-0.25, -0.2) is 4.79 Å². The van der Waals surface area contributed by atoms with E-state index in [0.29, 0.717) is 6.42 Å². The van der Waals surface area contributed by atoms with Gasteiger partial charge in [-0.1, -0.05) is 18.2 Å². The first-order valence-electron chi connectivity index (χ1n) is 8.58. The molecule has 7 nitrogen and oxygen atoms in total. The van der Waals surface area contributed by atoms with E-state index < -0.39 is 23.0 Å². The quantitative estimate of drug-likeness (QED) is 0.125. The first-order valence-corrected chi connectivity index (χ1v) is 8.58. The highest BCUT2D eigenvalue weighted by molar-refractivity contribution is 5.81. The van der Waals surface area contributed by atoms with Crippen LogP contribution in [0.1, 0.15) is 58.8 Å². The molecule has 142 valence electrons. The van der Waals surface area contributed by atoms with Crippen LogP contribution < -0.4 is 0 Å². The summed E-state index contributed by atoms with van der Waals surface area (Å²) in [5.41, 5.74) is 0. The van der Waals surface area contributed by atoms with E-state index in [2.05, 4.69) is 16.9 Å². The predicted octanol–water partition coefficient (Wildman–Crippen LogP) is 3.60. The molecule has 25 heavy (non-hydrogen) atoms.